The smallest absolute Gasteiger partial charge is 0.305 e. The summed E-state index contributed by atoms with van der Waals surface area (Å²) in [6, 6.07) is 5.26. The Morgan fingerprint density at radius 3 is 2.82 bits per heavy atom. The third-order valence-electron chi connectivity index (χ3n) is 6.76. The molecule has 0 aliphatic carbocycles. The second-order valence-corrected chi connectivity index (χ2v) is 9.82. The van der Waals surface area contributed by atoms with Gasteiger partial charge in [0.1, 0.15) is 0 Å². The lowest BCUT2D eigenvalue weighted by Crippen LogP contribution is -2.44. The third-order valence-corrected chi connectivity index (χ3v) is 7.25. The highest BCUT2D eigenvalue weighted by atomic mass is 79.9. The van der Waals surface area contributed by atoms with Gasteiger partial charge in [-0.1, -0.05) is 35.0 Å². The maximum Gasteiger partial charge on any atom is 0.305 e. The number of anilines is 1. The minimum atomic E-state index is -1.76. The van der Waals surface area contributed by atoms with E-state index in [-0.39, 0.29) is 37.4 Å². The fraction of sp³-hybridized carbons (Fsp3) is 0.560. The van der Waals surface area contributed by atoms with Crippen LogP contribution in [0.4, 0.5) is 5.69 Å². The molecular formula is C25H33BrN2O6. The van der Waals surface area contributed by atoms with Crippen LogP contribution >= 0.6 is 15.9 Å². The van der Waals surface area contributed by atoms with Gasteiger partial charge in [-0.25, -0.2) is 0 Å². The highest BCUT2D eigenvalue weighted by molar-refractivity contribution is 9.10. The van der Waals surface area contributed by atoms with Crippen LogP contribution in [0, 0.1) is 5.92 Å². The molecule has 3 atom stereocenters. The average Bonchev–Trinajstić information content (AvgIpc) is 3.39. The summed E-state index contributed by atoms with van der Waals surface area (Å²) in [5.41, 5.74) is -0.599. The highest BCUT2D eigenvalue weighted by Crippen LogP contribution is 2.46. The zero-order chi connectivity index (χ0) is 24.9. The Labute approximate surface area is 208 Å². The monoisotopic (exact) mass is 536 g/mol. The number of aliphatic hydroxyl groups excluding tert-OH is 1. The molecule has 0 radical (unpaired) electrons. The Bertz CT molecular complexity index is 951. The summed E-state index contributed by atoms with van der Waals surface area (Å²) in [6.07, 6.45) is 6.68. The number of ether oxygens (including phenoxy) is 1. The van der Waals surface area contributed by atoms with Crippen LogP contribution in [0.15, 0.2) is 34.8 Å². The molecule has 1 aromatic carbocycles. The van der Waals surface area contributed by atoms with Crippen molar-refractivity contribution in [3.8, 4) is 0 Å². The summed E-state index contributed by atoms with van der Waals surface area (Å²) in [5.74, 6) is -1.35. The van der Waals surface area contributed by atoms with Crippen LogP contribution in [0.2, 0.25) is 0 Å². The van der Waals surface area contributed by atoms with Crippen molar-refractivity contribution >= 4 is 39.4 Å². The van der Waals surface area contributed by atoms with E-state index in [9.17, 15) is 24.6 Å². The van der Waals surface area contributed by atoms with E-state index in [1.165, 1.54) is 7.11 Å². The number of carbonyl (C=O) groups excluding carboxylic acids is 3. The predicted octanol–water partition coefficient (Wildman–Crippen LogP) is 2.89. The summed E-state index contributed by atoms with van der Waals surface area (Å²) in [5, 5.41) is 21.1. The number of benzene rings is 1. The lowest BCUT2D eigenvalue weighted by atomic mass is 9.83. The van der Waals surface area contributed by atoms with Gasteiger partial charge in [0.2, 0.25) is 5.91 Å². The van der Waals surface area contributed by atoms with Crippen LogP contribution in [0.5, 0.6) is 0 Å². The molecule has 34 heavy (non-hydrogen) atoms. The number of methoxy groups -OCH3 is 1. The summed E-state index contributed by atoms with van der Waals surface area (Å²) in [7, 11) is 1.35. The minimum absolute atomic E-state index is 0.0404. The van der Waals surface area contributed by atoms with Crippen LogP contribution in [0.3, 0.4) is 0 Å². The number of esters is 1. The Kier molecular flexibility index (Phi) is 8.89. The molecular weight excluding hydrogens is 504 g/mol. The van der Waals surface area contributed by atoms with E-state index in [0.717, 1.165) is 17.3 Å². The number of hydrogen-bond acceptors (Lipinski definition) is 6. The number of unbranched alkanes of at least 4 members (excludes halogenated alkanes) is 1. The van der Waals surface area contributed by atoms with Crippen molar-refractivity contribution in [2.75, 3.05) is 31.7 Å². The Morgan fingerprint density at radius 1 is 1.35 bits per heavy atom. The molecule has 186 valence electrons. The quantitative estimate of drug-likeness (QED) is 0.270. The van der Waals surface area contributed by atoms with Crippen molar-refractivity contribution in [2.24, 2.45) is 5.92 Å². The maximum absolute atomic E-state index is 13.4. The van der Waals surface area contributed by atoms with E-state index in [0.29, 0.717) is 37.2 Å². The van der Waals surface area contributed by atoms with Crippen molar-refractivity contribution in [3.05, 3.63) is 40.4 Å². The van der Waals surface area contributed by atoms with Crippen molar-refractivity contribution in [3.63, 3.8) is 0 Å². The summed E-state index contributed by atoms with van der Waals surface area (Å²) in [4.78, 5) is 40.6. The zero-order valence-electron chi connectivity index (χ0n) is 19.7. The van der Waals surface area contributed by atoms with Crippen molar-refractivity contribution in [2.45, 2.75) is 57.1 Å². The number of fused-ring (bicyclic) bond motifs is 1. The topological polar surface area (TPSA) is 107 Å². The van der Waals surface area contributed by atoms with Crippen LogP contribution in [-0.4, -0.2) is 65.7 Å². The Morgan fingerprint density at radius 2 is 2.12 bits per heavy atom. The van der Waals surface area contributed by atoms with E-state index in [2.05, 4.69) is 20.7 Å². The standard InChI is InChI=1S/C25H33BrN2O6/c1-17(7-5-9-22(30)27-14-6-8-19(27)16-29)25(33)20-15-18(26)11-12-21(20)28(24(25)32)13-4-3-10-23(31)34-2/h5,7,11-12,15,17,19,29,33H,3-4,6,8-10,13-14,16H2,1-2H3/b7-5+/t17-,19-,25+/m0/s1. The Balaban J connectivity index is 1.72. The highest BCUT2D eigenvalue weighted by Gasteiger charge is 2.52. The van der Waals surface area contributed by atoms with Gasteiger partial charge >= 0.3 is 5.97 Å². The van der Waals surface area contributed by atoms with Gasteiger partial charge in [0.15, 0.2) is 5.60 Å². The maximum atomic E-state index is 13.4. The van der Waals surface area contributed by atoms with Gasteiger partial charge in [0.25, 0.3) is 5.91 Å². The number of halogens is 1. The molecule has 2 heterocycles. The average molecular weight is 537 g/mol. The van der Waals surface area contributed by atoms with Gasteiger partial charge in [-0.2, -0.15) is 0 Å². The second-order valence-electron chi connectivity index (χ2n) is 8.90. The van der Waals surface area contributed by atoms with E-state index in [1.807, 2.05) is 6.07 Å². The number of carbonyl (C=O) groups is 3. The molecule has 8 nitrogen and oxygen atoms in total. The molecule has 0 saturated carbocycles. The van der Waals surface area contributed by atoms with Gasteiger partial charge in [0.05, 0.1) is 25.4 Å². The molecule has 2 N–H and O–H groups in total. The first-order valence-electron chi connectivity index (χ1n) is 11.7. The fourth-order valence-electron chi connectivity index (χ4n) is 4.77. The van der Waals surface area contributed by atoms with Gasteiger partial charge in [0, 0.05) is 41.9 Å². The zero-order valence-corrected chi connectivity index (χ0v) is 21.3. The second kappa shape index (κ2) is 11.5. The third kappa shape index (κ3) is 5.37. The number of likely N-dealkylation sites (tertiary alicyclic amines) is 1. The number of amides is 2. The van der Waals surface area contributed by atoms with Crippen molar-refractivity contribution in [1.29, 1.82) is 0 Å². The molecule has 2 amide bonds. The lowest BCUT2D eigenvalue weighted by Gasteiger charge is -2.28. The normalized spacial score (nSPS) is 23.0. The molecule has 0 spiro atoms. The lowest BCUT2D eigenvalue weighted by molar-refractivity contribution is -0.140. The SMILES string of the molecule is COC(=O)CCCCN1C(=O)[C@@](O)([C@@H](C)/C=C/CC(=O)N2CCC[C@H]2CO)c2cc(Br)ccc21. The fourth-order valence-corrected chi connectivity index (χ4v) is 5.13. The molecule has 0 aromatic heterocycles. The summed E-state index contributed by atoms with van der Waals surface area (Å²) in [6.45, 7) is 2.74. The van der Waals surface area contributed by atoms with Crippen molar-refractivity contribution in [1.82, 2.24) is 4.90 Å². The molecule has 0 bridgehead atoms. The van der Waals surface area contributed by atoms with E-state index >= 15 is 0 Å². The van der Waals surface area contributed by atoms with Crippen LogP contribution < -0.4 is 4.90 Å². The van der Waals surface area contributed by atoms with E-state index < -0.39 is 17.4 Å². The largest absolute Gasteiger partial charge is 0.469 e. The van der Waals surface area contributed by atoms with Gasteiger partial charge < -0.3 is 24.7 Å². The molecule has 1 fully saturated rings. The number of aliphatic hydroxyl groups is 2. The first kappa shape index (κ1) is 26.4. The molecule has 2 aliphatic rings. The van der Waals surface area contributed by atoms with E-state index in [1.54, 1.807) is 41.0 Å². The summed E-state index contributed by atoms with van der Waals surface area (Å²) >= 11 is 3.43. The summed E-state index contributed by atoms with van der Waals surface area (Å²) < 4.78 is 5.42. The van der Waals surface area contributed by atoms with Crippen LogP contribution in [0.1, 0.15) is 51.0 Å². The molecule has 3 rings (SSSR count). The number of nitrogens with zero attached hydrogens (tertiary/aromatic N) is 2. The number of hydrogen-bond donors (Lipinski definition) is 2. The van der Waals surface area contributed by atoms with Gasteiger partial charge in [-0.3, -0.25) is 14.4 Å². The molecule has 1 saturated heterocycles. The van der Waals surface area contributed by atoms with E-state index in [4.69, 9.17) is 0 Å². The van der Waals surface area contributed by atoms with Gasteiger partial charge in [-0.15, -0.1) is 0 Å². The molecule has 9 heteroatoms. The van der Waals surface area contributed by atoms with Crippen LogP contribution in [-0.2, 0) is 24.7 Å². The predicted molar refractivity (Wildman–Crippen MR) is 131 cm³/mol. The molecule has 1 aromatic rings. The Hall–Kier alpha value is -2.23. The van der Waals surface area contributed by atoms with Gasteiger partial charge in [-0.05, 0) is 43.9 Å². The molecule has 0 unspecified atom stereocenters. The first-order chi connectivity index (χ1) is 16.2. The molecule has 2 aliphatic heterocycles. The van der Waals surface area contributed by atoms with Crippen LogP contribution in [0.25, 0.3) is 0 Å². The van der Waals surface area contributed by atoms with Crippen molar-refractivity contribution < 1.29 is 29.3 Å². The minimum Gasteiger partial charge on any atom is -0.469 e. The first-order valence-corrected chi connectivity index (χ1v) is 12.5. The number of rotatable bonds is 10.